The number of carbonyl (C=O) groups excluding carboxylic acids is 1. The Hall–Kier alpha value is -2.09. The zero-order valence-electron chi connectivity index (χ0n) is 15.5. The fourth-order valence-electron chi connectivity index (χ4n) is 2.55. The molecule has 0 aliphatic heterocycles. The van der Waals surface area contributed by atoms with E-state index in [4.69, 9.17) is 16.3 Å². The van der Waals surface area contributed by atoms with Gasteiger partial charge in [-0.2, -0.15) is 4.31 Å². The van der Waals surface area contributed by atoms with Gasteiger partial charge in [0, 0.05) is 11.6 Å². The van der Waals surface area contributed by atoms with Crippen LogP contribution in [0.4, 0.5) is 0 Å². The molecule has 0 aliphatic carbocycles. The van der Waals surface area contributed by atoms with Crippen LogP contribution >= 0.6 is 11.6 Å². The highest BCUT2D eigenvalue weighted by atomic mass is 35.5. The molecule has 8 heteroatoms. The molecule has 0 aliphatic rings. The van der Waals surface area contributed by atoms with E-state index < -0.39 is 10.0 Å². The Morgan fingerprint density at radius 3 is 2.26 bits per heavy atom. The lowest BCUT2D eigenvalue weighted by Crippen LogP contribution is -2.41. The molecule has 27 heavy (non-hydrogen) atoms. The van der Waals surface area contributed by atoms with Crippen LogP contribution in [0.5, 0.6) is 5.75 Å². The van der Waals surface area contributed by atoms with Gasteiger partial charge >= 0.3 is 0 Å². The monoisotopic (exact) mass is 410 g/mol. The van der Waals surface area contributed by atoms with Crippen molar-refractivity contribution in [2.45, 2.75) is 24.8 Å². The van der Waals surface area contributed by atoms with Crippen LogP contribution in [0.1, 0.15) is 25.5 Å². The number of likely N-dealkylation sites (N-methyl/N-ethyl adjacent to an activating group) is 1. The first-order valence-electron chi connectivity index (χ1n) is 8.47. The third-order valence-corrected chi connectivity index (χ3v) is 6.30. The zero-order chi connectivity index (χ0) is 20.0. The molecule has 0 aromatic heterocycles. The first kappa shape index (κ1) is 21.2. The number of nitrogens with one attached hydrogen (secondary N) is 1. The van der Waals surface area contributed by atoms with Gasteiger partial charge in [0.1, 0.15) is 5.75 Å². The van der Waals surface area contributed by atoms with Gasteiger partial charge in [-0.05, 0) is 48.9 Å². The molecule has 0 heterocycles. The average Bonchev–Trinajstić information content (AvgIpc) is 2.66. The van der Waals surface area contributed by atoms with Crippen molar-refractivity contribution < 1.29 is 17.9 Å². The Kier molecular flexibility index (Phi) is 7.24. The van der Waals surface area contributed by atoms with Gasteiger partial charge < -0.3 is 10.1 Å². The minimum absolute atomic E-state index is 0.115. The molecule has 0 saturated heterocycles. The predicted octanol–water partition coefficient (Wildman–Crippen LogP) is 3.24. The van der Waals surface area contributed by atoms with Crippen molar-refractivity contribution in [1.82, 2.24) is 9.62 Å². The number of hydrogen-bond acceptors (Lipinski definition) is 4. The van der Waals surface area contributed by atoms with E-state index in [2.05, 4.69) is 5.32 Å². The summed E-state index contributed by atoms with van der Waals surface area (Å²) in [7, 11) is -2.27. The average molecular weight is 411 g/mol. The first-order chi connectivity index (χ1) is 12.8. The van der Waals surface area contributed by atoms with E-state index in [0.717, 1.165) is 9.87 Å². The van der Waals surface area contributed by atoms with E-state index in [0.29, 0.717) is 10.8 Å². The SMILES string of the molecule is CCN(CC(=O)N[C@H](C)c1ccc(Cl)cc1)S(=O)(=O)c1ccc(OC)cc1. The first-order valence-corrected chi connectivity index (χ1v) is 10.3. The predicted molar refractivity (Wildman–Crippen MR) is 105 cm³/mol. The minimum atomic E-state index is -3.78. The number of hydrogen-bond donors (Lipinski definition) is 1. The van der Waals surface area contributed by atoms with E-state index in [1.165, 1.54) is 19.2 Å². The van der Waals surface area contributed by atoms with E-state index in [1.54, 1.807) is 31.2 Å². The Morgan fingerprint density at radius 2 is 1.74 bits per heavy atom. The Labute approximate surface area is 165 Å². The number of halogens is 1. The Bertz CT molecular complexity index is 868. The Balaban J connectivity index is 2.07. The van der Waals surface area contributed by atoms with Gasteiger partial charge in [0.25, 0.3) is 0 Å². The van der Waals surface area contributed by atoms with Gasteiger partial charge in [0.2, 0.25) is 15.9 Å². The Morgan fingerprint density at radius 1 is 1.15 bits per heavy atom. The summed E-state index contributed by atoms with van der Waals surface area (Å²) in [6, 6.07) is 12.9. The number of ether oxygens (including phenoxy) is 1. The number of nitrogens with zero attached hydrogens (tertiary/aromatic N) is 1. The smallest absolute Gasteiger partial charge is 0.243 e. The lowest BCUT2D eigenvalue weighted by atomic mass is 10.1. The molecule has 6 nitrogen and oxygen atoms in total. The molecule has 0 bridgehead atoms. The normalized spacial score (nSPS) is 12.6. The fraction of sp³-hybridized carbons (Fsp3) is 0.316. The van der Waals surface area contributed by atoms with Crippen LogP contribution in [0.15, 0.2) is 53.4 Å². The molecule has 146 valence electrons. The molecule has 0 fully saturated rings. The van der Waals surface area contributed by atoms with Crippen LogP contribution in [0.3, 0.4) is 0 Å². The maximum absolute atomic E-state index is 12.8. The van der Waals surface area contributed by atoms with Crippen LogP contribution in [0.25, 0.3) is 0 Å². The summed E-state index contributed by atoms with van der Waals surface area (Å²) in [4.78, 5) is 12.5. The summed E-state index contributed by atoms with van der Waals surface area (Å²) in [5.41, 5.74) is 0.883. The van der Waals surface area contributed by atoms with Gasteiger partial charge in [0.15, 0.2) is 0 Å². The van der Waals surface area contributed by atoms with Gasteiger partial charge in [-0.3, -0.25) is 4.79 Å². The molecule has 1 N–H and O–H groups in total. The number of sulfonamides is 1. The van der Waals surface area contributed by atoms with Gasteiger partial charge in [-0.1, -0.05) is 30.7 Å². The van der Waals surface area contributed by atoms with Crippen molar-refractivity contribution in [3.63, 3.8) is 0 Å². The fourth-order valence-corrected chi connectivity index (χ4v) is 4.08. The van der Waals surface area contributed by atoms with Gasteiger partial charge in [-0.25, -0.2) is 8.42 Å². The number of benzene rings is 2. The van der Waals surface area contributed by atoms with Gasteiger partial charge in [0.05, 0.1) is 24.6 Å². The summed E-state index contributed by atoms with van der Waals surface area (Å²) in [5.74, 6) is 0.183. The maximum atomic E-state index is 12.8. The number of amides is 1. The van der Waals surface area contributed by atoms with Crippen molar-refractivity contribution in [3.05, 3.63) is 59.1 Å². The van der Waals surface area contributed by atoms with Crippen molar-refractivity contribution in [3.8, 4) is 5.75 Å². The lowest BCUT2D eigenvalue weighted by molar-refractivity contribution is -0.121. The second-order valence-electron chi connectivity index (χ2n) is 5.95. The molecule has 2 aromatic rings. The molecule has 0 saturated carbocycles. The van der Waals surface area contributed by atoms with E-state index >= 15 is 0 Å². The molecule has 0 unspecified atom stereocenters. The molecule has 0 radical (unpaired) electrons. The van der Waals surface area contributed by atoms with Crippen molar-refractivity contribution in [1.29, 1.82) is 0 Å². The van der Waals surface area contributed by atoms with Gasteiger partial charge in [-0.15, -0.1) is 0 Å². The number of carbonyl (C=O) groups is 1. The summed E-state index contributed by atoms with van der Waals surface area (Å²) >= 11 is 5.87. The van der Waals surface area contributed by atoms with Crippen LogP contribution in [-0.4, -0.2) is 38.8 Å². The third kappa shape index (κ3) is 5.45. The summed E-state index contributed by atoms with van der Waals surface area (Å²) in [6.07, 6.45) is 0. The zero-order valence-corrected chi connectivity index (χ0v) is 17.0. The topological polar surface area (TPSA) is 75.7 Å². The van der Waals surface area contributed by atoms with Crippen molar-refractivity contribution in [2.24, 2.45) is 0 Å². The number of rotatable bonds is 8. The largest absolute Gasteiger partial charge is 0.497 e. The van der Waals surface area contributed by atoms with E-state index in [9.17, 15) is 13.2 Å². The highest BCUT2D eigenvalue weighted by Crippen LogP contribution is 2.20. The third-order valence-electron chi connectivity index (χ3n) is 4.12. The summed E-state index contributed by atoms with van der Waals surface area (Å²) in [5, 5.41) is 3.43. The van der Waals surface area contributed by atoms with Crippen LogP contribution in [0.2, 0.25) is 5.02 Å². The molecule has 0 spiro atoms. The standard InChI is InChI=1S/C19H23ClN2O4S/c1-4-22(27(24,25)18-11-9-17(26-3)10-12-18)13-19(23)21-14(2)15-5-7-16(20)8-6-15/h5-12,14H,4,13H2,1-3H3,(H,21,23)/t14-/m1/s1. The van der Waals surface area contributed by atoms with Crippen molar-refractivity contribution in [2.75, 3.05) is 20.2 Å². The van der Waals surface area contributed by atoms with E-state index in [-0.39, 0.29) is 29.9 Å². The van der Waals surface area contributed by atoms with Crippen LogP contribution in [-0.2, 0) is 14.8 Å². The quantitative estimate of drug-likeness (QED) is 0.724. The van der Waals surface area contributed by atoms with Crippen LogP contribution < -0.4 is 10.1 Å². The number of methoxy groups -OCH3 is 1. The highest BCUT2D eigenvalue weighted by Gasteiger charge is 2.25. The van der Waals surface area contributed by atoms with Crippen molar-refractivity contribution >= 4 is 27.5 Å². The second-order valence-corrected chi connectivity index (χ2v) is 8.32. The lowest BCUT2D eigenvalue weighted by Gasteiger charge is -2.22. The highest BCUT2D eigenvalue weighted by molar-refractivity contribution is 7.89. The minimum Gasteiger partial charge on any atom is -0.497 e. The molecule has 1 amide bonds. The molecule has 1 atom stereocenters. The molecular formula is C19H23ClN2O4S. The molecular weight excluding hydrogens is 388 g/mol. The maximum Gasteiger partial charge on any atom is 0.243 e. The summed E-state index contributed by atoms with van der Waals surface area (Å²) < 4.78 is 31.7. The summed E-state index contributed by atoms with van der Waals surface area (Å²) in [6.45, 7) is 3.44. The van der Waals surface area contributed by atoms with E-state index in [1.807, 2.05) is 19.1 Å². The second kappa shape index (κ2) is 9.21. The molecule has 2 rings (SSSR count). The van der Waals surface area contributed by atoms with Crippen LogP contribution in [0, 0.1) is 0 Å². The molecule has 2 aromatic carbocycles.